The minimum atomic E-state index is 0.223. The standard InChI is InChI=1S/C18H27N3O2/c1-3-19-9-11-20(12-10-19)14-18(22)21-8-4-5-15-13-16(23-2)6-7-17(15)21/h6-7,13H,3-5,8-12,14H2,1-2H3. The summed E-state index contributed by atoms with van der Waals surface area (Å²) in [4.78, 5) is 19.5. The van der Waals surface area contributed by atoms with Gasteiger partial charge in [-0.25, -0.2) is 0 Å². The molecule has 1 aromatic rings. The SMILES string of the molecule is CCN1CCN(CC(=O)N2CCCc3cc(OC)ccc32)CC1. The van der Waals surface area contributed by atoms with Crippen molar-refractivity contribution in [2.24, 2.45) is 0 Å². The second-order valence-electron chi connectivity index (χ2n) is 6.35. The van der Waals surface area contributed by atoms with E-state index in [1.165, 1.54) is 5.56 Å². The van der Waals surface area contributed by atoms with Crippen LogP contribution in [0.2, 0.25) is 0 Å². The van der Waals surface area contributed by atoms with Gasteiger partial charge in [-0.3, -0.25) is 9.69 Å². The Balaban J connectivity index is 1.65. The molecule has 1 amide bonds. The maximum Gasteiger partial charge on any atom is 0.241 e. The minimum absolute atomic E-state index is 0.223. The predicted octanol–water partition coefficient (Wildman–Crippen LogP) is 1.61. The number of aryl methyl sites for hydroxylation is 1. The lowest BCUT2D eigenvalue weighted by molar-refractivity contribution is -0.120. The van der Waals surface area contributed by atoms with E-state index in [4.69, 9.17) is 4.74 Å². The predicted molar refractivity (Wildman–Crippen MR) is 92.2 cm³/mol. The number of carbonyl (C=O) groups is 1. The Kier molecular flexibility index (Phi) is 5.18. The van der Waals surface area contributed by atoms with E-state index in [0.717, 1.165) is 63.5 Å². The van der Waals surface area contributed by atoms with Crippen molar-refractivity contribution < 1.29 is 9.53 Å². The summed E-state index contributed by atoms with van der Waals surface area (Å²) in [6, 6.07) is 6.04. The lowest BCUT2D eigenvalue weighted by Crippen LogP contribution is -2.50. The molecule has 0 N–H and O–H groups in total. The van der Waals surface area contributed by atoms with E-state index >= 15 is 0 Å². The van der Waals surface area contributed by atoms with Crippen molar-refractivity contribution in [3.05, 3.63) is 23.8 Å². The molecule has 1 saturated heterocycles. The Morgan fingerprint density at radius 1 is 1.13 bits per heavy atom. The van der Waals surface area contributed by atoms with Crippen LogP contribution in [-0.4, -0.2) is 68.6 Å². The van der Waals surface area contributed by atoms with Crippen molar-refractivity contribution in [1.29, 1.82) is 0 Å². The molecule has 3 rings (SSSR count). The molecule has 2 aliphatic heterocycles. The molecule has 0 saturated carbocycles. The Bertz CT molecular complexity index is 553. The fraction of sp³-hybridized carbons (Fsp3) is 0.611. The van der Waals surface area contributed by atoms with Crippen LogP contribution >= 0.6 is 0 Å². The van der Waals surface area contributed by atoms with Gasteiger partial charge in [0.15, 0.2) is 0 Å². The van der Waals surface area contributed by atoms with Gasteiger partial charge in [0.1, 0.15) is 5.75 Å². The maximum atomic E-state index is 12.8. The van der Waals surface area contributed by atoms with Gasteiger partial charge in [0, 0.05) is 38.4 Å². The van der Waals surface area contributed by atoms with Crippen LogP contribution in [0, 0.1) is 0 Å². The molecule has 0 bridgehead atoms. The number of anilines is 1. The molecule has 0 atom stereocenters. The average molecular weight is 317 g/mol. The van der Waals surface area contributed by atoms with Crippen molar-refractivity contribution in [3.8, 4) is 5.75 Å². The number of carbonyl (C=O) groups excluding carboxylic acids is 1. The third-order valence-electron chi connectivity index (χ3n) is 4.98. The first-order valence-corrected chi connectivity index (χ1v) is 8.63. The van der Waals surface area contributed by atoms with Crippen LogP contribution in [0.15, 0.2) is 18.2 Å². The molecular formula is C18H27N3O2. The molecule has 1 fully saturated rings. The van der Waals surface area contributed by atoms with Gasteiger partial charge in [-0.2, -0.15) is 0 Å². The molecule has 1 aromatic carbocycles. The largest absolute Gasteiger partial charge is 0.497 e. The van der Waals surface area contributed by atoms with E-state index in [2.05, 4.69) is 22.8 Å². The van der Waals surface area contributed by atoms with Gasteiger partial charge in [-0.05, 0) is 43.1 Å². The summed E-state index contributed by atoms with van der Waals surface area (Å²) >= 11 is 0. The van der Waals surface area contributed by atoms with Gasteiger partial charge in [0.05, 0.1) is 13.7 Å². The van der Waals surface area contributed by atoms with E-state index in [0.29, 0.717) is 6.54 Å². The van der Waals surface area contributed by atoms with Crippen LogP contribution in [-0.2, 0) is 11.2 Å². The van der Waals surface area contributed by atoms with Crippen molar-refractivity contribution in [2.75, 3.05) is 57.8 Å². The highest BCUT2D eigenvalue weighted by Crippen LogP contribution is 2.30. The summed E-state index contributed by atoms with van der Waals surface area (Å²) in [5.74, 6) is 1.09. The number of methoxy groups -OCH3 is 1. The number of ether oxygens (including phenoxy) is 1. The number of benzene rings is 1. The van der Waals surface area contributed by atoms with E-state index in [1.807, 2.05) is 17.0 Å². The maximum absolute atomic E-state index is 12.8. The highest BCUT2D eigenvalue weighted by Gasteiger charge is 2.25. The molecule has 0 aliphatic carbocycles. The third kappa shape index (κ3) is 3.67. The summed E-state index contributed by atoms with van der Waals surface area (Å²) < 4.78 is 5.30. The van der Waals surface area contributed by atoms with Gasteiger partial charge in [0.2, 0.25) is 5.91 Å². The lowest BCUT2D eigenvalue weighted by Gasteiger charge is -2.36. The fourth-order valence-corrected chi connectivity index (χ4v) is 3.50. The molecule has 2 heterocycles. The van der Waals surface area contributed by atoms with Crippen LogP contribution in [0.5, 0.6) is 5.75 Å². The Morgan fingerprint density at radius 2 is 1.87 bits per heavy atom. The number of likely N-dealkylation sites (N-methyl/N-ethyl adjacent to an activating group) is 1. The molecule has 5 heteroatoms. The van der Waals surface area contributed by atoms with Gasteiger partial charge in [-0.1, -0.05) is 6.92 Å². The van der Waals surface area contributed by atoms with Crippen LogP contribution in [0.1, 0.15) is 18.9 Å². The second-order valence-corrected chi connectivity index (χ2v) is 6.35. The number of piperazine rings is 1. The third-order valence-corrected chi connectivity index (χ3v) is 4.98. The van der Waals surface area contributed by atoms with Crippen LogP contribution in [0.4, 0.5) is 5.69 Å². The van der Waals surface area contributed by atoms with E-state index < -0.39 is 0 Å². The molecule has 126 valence electrons. The zero-order chi connectivity index (χ0) is 16.2. The summed E-state index contributed by atoms with van der Waals surface area (Å²) in [6.07, 6.45) is 2.04. The van der Waals surface area contributed by atoms with Crippen molar-refractivity contribution in [3.63, 3.8) is 0 Å². The fourth-order valence-electron chi connectivity index (χ4n) is 3.50. The molecular weight excluding hydrogens is 290 g/mol. The molecule has 0 radical (unpaired) electrons. The lowest BCUT2D eigenvalue weighted by atomic mass is 10.0. The van der Waals surface area contributed by atoms with Crippen LogP contribution in [0.3, 0.4) is 0 Å². The highest BCUT2D eigenvalue weighted by atomic mass is 16.5. The van der Waals surface area contributed by atoms with Crippen LogP contribution in [0.25, 0.3) is 0 Å². The summed E-state index contributed by atoms with van der Waals surface area (Å²) in [5, 5.41) is 0. The highest BCUT2D eigenvalue weighted by molar-refractivity contribution is 5.96. The Labute approximate surface area is 138 Å². The first kappa shape index (κ1) is 16.3. The minimum Gasteiger partial charge on any atom is -0.497 e. The second kappa shape index (κ2) is 7.32. The number of hydrogen-bond donors (Lipinski definition) is 0. The monoisotopic (exact) mass is 317 g/mol. The summed E-state index contributed by atoms with van der Waals surface area (Å²) in [6.45, 7) is 8.76. The molecule has 0 unspecified atom stereocenters. The molecule has 0 aromatic heterocycles. The van der Waals surface area contributed by atoms with Gasteiger partial charge in [-0.15, -0.1) is 0 Å². The first-order valence-electron chi connectivity index (χ1n) is 8.63. The molecule has 2 aliphatic rings. The van der Waals surface area contributed by atoms with Crippen LogP contribution < -0.4 is 9.64 Å². The number of fused-ring (bicyclic) bond motifs is 1. The molecule has 0 spiro atoms. The Morgan fingerprint density at radius 3 is 2.57 bits per heavy atom. The van der Waals surface area contributed by atoms with Gasteiger partial charge < -0.3 is 14.5 Å². The van der Waals surface area contributed by atoms with Gasteiger partial charge >= 0.3 is 0 Å². The van der Waals surface area contributed by atoms with E-state index in [9.17, 15) is 4.79 Å². The normalized spacial score (nSPS) is 19.5. The quantitative estimate of drug-likeness (QED) is 0.845. The van der Waals surface area contributed by atoms with Crippen molar-refractivity contribution >= 4 is 11.6 Å². The van der Waals surface area contributed by atoms with Gasteiger partial charge in [0.25, 0.3) is 0 Å². The number of amides is 1. The smallest absolute Gasteiger partial charge is 0.241 e. The molecule has 23 heavy (non-hydrogen) atoms. The average Bonchev–Trinajstić information content (AvgIpc) is 2.61. The van der Waals surface area contributed by atoms with E-state index in [1.54, 1.807) is 7.11 Å². The zero-order valence-electron chi connectivity index (χ0n) is 14.3. The summed E-state index contributed by atoms with van der Waals surface area (Å²) in [7, 11) is 1.68. The number of nitrogens with zero attached hydrogens (tertiary/aromatic N) is 3. The van der Waals surface area contributed by atoms with Crippen molar-refractivity contribution in [2.45, 2.75) is 19.8 Å². The Hall–Kier alpha value is -1.59. The zero-order valence-corrected chi connectivity index (χ0v) is 14.3. The van der Waals surface area contributed by atoms with E-state index in [-0.39, 0.29) is 5.91 Å². The first-order chi connectivity index (χ1) is 11.2. The number of rotatable bonds is 4. The van der Waals surface area contributed by atoms with Crippen molar-refractivity contribution in [1.82, 2.24) is 9.80 Å². The summed E-state index contributed by atoms with van der Waals surface area (Å²) in [5.41, 5.74) is 2.29. The number of hydrogen-bond acceptors (Lipinski definition) is 4. The molecule has 5 nitrogen and oxygen atoms in total. The topological polar surface area (TPSA) is 36.0 Å².